The van der Waals surface area contributed by atoms with E-state index in [0.29, 0.717) is 16.7 Å². The number of hydrogen-bond acceptors (Lipinski definition) is 4. The summed E-state index contributed by atoms with van der Waals surface area (Å²) in [5.41, 5.74) is 8.30. The normalized spacial score (nSPS) is 11.3. The first-order valence-corrected chi connectivity index (χ1v) is 5.87. The fourth-order valence-corrected chi connectivity index (χ4v) is 2.18. The minimum absolute atomic E-state index is 0.228. The van der Waals surface area contributed by atoms with Gasteiger partial charge >= 0.3 is 0 Å². The maximum Gasteiger partial charge on any atom is 0.240 e. The highest BCUT2D eigenvalue weighted by Crippen LogP contribution is 2.30. The van der Waals surface area contributed by atoms with E-state index in [1.54, 1.807) is 0 Å². The van der Waals surface area contributed by atoms with Crippen LogP contribution in [-0.4, -0.2) is 15.1 Å². The van der Waals surface area contributed by atoms with E-state index in [-0.39, 0.29) is 6.54 Å². The number of aromatic nitrogens is 3. The Bertz CT molecular complexity index is 716. The van der Waals surface area contributed by atoms with Crippen LogP contribution in [0.4, 0.5) is 0 Å². The Morgan fingerprint density at radius 3 is 3.00 bits per heavy atom. The number of H-pyrrole nitrogens is 1. The minimum atomic E-state index is 0.228. The molecular formula is C12H11ClN4O. The van der Waals surface area contributed by atoms with Crippen molar-refractivity contribution < 1.29 is 4.52 Å². The summed E-state index contributed by atoms with van der Waals surface area (Å²) in [5.74, 6) is 0.909. The first-order valence-electron chi connectivity index (χ1n) is 5.49. The van der Waals surface area contributed by atoms with Gasteiger partial charge in [-0.2, -0.15) is 4.98 Å². The fraction of sp³-hybridized carbons (Fsp3) is 0.167. The van der Waals surface area contributed by atoms with Gasteiger partial charge in [-0.3, -0.25) is 0 Å². The van der Waals surface area contributed by atoms with Crippen molar-refractivity contribution >= 4 is 22.5 Å². The van der Waals surface area contributed by atoms with Gasteiger partial charge in [0.05, 0.1) is 17.1 Å². The molecule has 0 amide bonds. The molecule has 0 spiro atoms. The average Bonchev–Trinajstić information content (AvgIpc) is 2.97. The summed E-state index contributed by atoms with van der Waals surface area (Å²) >= 11 is 6.22. The van der Waals surface area contributed by atoms with Crippen molar-refractivity contribution in [3.63, 3.8) is 0 Å². The lowest BCUT2D eigenvalue weighted by atomic mass is 10.1. The molecule has 0 fully saturated rings. The van der Waals surface area contributed by atoms with Gasteiger partial charge in [0.1, 0.15) is 0 Å². The summed E-state index contributed by atoms with van der Waals surface area (Å²) in [4.78, 5) is 7.32. The Kier molecular flexibility index (Phi) is 2.57. The number of rotatable bonds is 2. The van der Waals surface area contributed by atoms with Gasteiger partial charge in [0, 0.05) is 17.1 Å². The number of hydrogen-bond donors (Lipinski definition) is 2. The molecule has 6 heteroatoms. The molecule has 0 aliphatic rings. The predicted molar refractivity (Wildman–Crippen MR) is 69.2 cm³/mol. The van der Waals surface area contributed by atoms with Crippen LogP contribution in [0.15, 0.2) is 22.9 Å². The number of benzene rings is 1. The molecule has 0 saturated heterocycles. The van der Waals surface area contributed by atoms with E-state index in [2.05, 4.69) is 15.1 Å². The average molecular weight is 263 g/mol. The SMILES string of the molecule is Cc1c[nH]c2c(Cl)cc(-c3noc(CN)n3)cc12. The summed E-state index contributed by atoms with van der Waals surface area (Å²) in [6.45, 7) is 2.24. The Morgan fingerprint density at radius 2 is 2.28 bits per heavy atom. The monoisotopic (exact) mass is 262 g/mol. The van der Waals surface area contributed by atoms with Crippen LogP contribution in [0.2, 0.25) is 5.02 Å². The number of halogens is 1. The van der Waals surface area contributed by atoms with Crippen molar-refractivity contribution in [2.75, 3.05) is 0 Å². The maximum atomic E-state index is 6.22. The molecule has 2 heterocycles. The molecule has 92 valence electrons. The Balaban J connectivity index is 2.20. The number of aryl methyl sites for hydroxylation is 1. The molecule has 3 aromatic rings. The van der Waals surface area contributed by atoms with Gasteiger partial charge in [0.15, 0.2) is 0 Å². The number of aromatic amines is 1. The molecule has 0 saturated carbocycles. The third-order valence-corrected chi connectivity index (χ3v) is 3.15. The van der Waals surface area contributed by atoms with Crippen LogP contribution in [0.3, 0.4) is 0 Å². The van der Waals surface area contributed by atoms with Crippen LogP contribution in [-0.2, 0) is 6.54 Å². The summed E-state index contributed by atoms with van der Waals surface area (Å²) in [6.07, 6.45) is 1.92. The van der Waals surface area contributed by atoms with E-state index in [4.69, 9.17) is 21.9 Å². The Hall–Kier alpha value is -1.85. The van der Waals surface area contributed by atoms with Crippen molar-refractivity contribution in [1.29, 1.82) is 0 Å². The zero-order valence-electron chi connectivity index (χ0n) is 9.70. The fourth-order valence-electron chi connectivity index (χ4n) is 1.91. The van der Waals surface area contributed by atoms with E-state index in [9.17, 15) is 0 Å². The highest BCUT2D eigenvalue weighted by atomic mass is 35.5. The second kappa shape index (κ2) is 4.12. The largest absolute Gasteiger partial charge is 0.360 e. The predicted octanol–water partition coefficient (Wildman–Crippen LogP) is 2.64. The number of nitrogens with two attached hydrogens (primary N) is 1. The second-order valence-corrected chi connectivity index (χ2v) is 4.48. The van der Waals surface area contributed by atoms with Gasteiger partial charge in [0.25, 0.3) is 0 Å². The zero-order valence-corrected chi connectivity index (χ0v) is 10.5. The maximum absolute atomic E-state index is 6.22. The minimum Gasteiger partial charge on any atom is -0.360 e. The molecule has 0 aliphatic carbocycles. The first kappa shape index (κ1) is 11.3. The summed E-state index contributed by atoms with van der Waals surface area (Å²) in [5, 5.41) is 5.57. The Morgan fingerprint density at radius 1 is 1.44 bits per heavy atom. The molecule has 5 nitrogen and oxygen atoms in total. The summed E-state index contributed by atoms with van der Waals surface area (Å²) in [6, 6.07) is 3.79. The molecular weight excluding hydrogens is 252 g/mol. The zero-order chi connectivity index (χ0) is 12.7. The summed E-state index contributed by atoms with van der Waals surface area (Å²) < 4.78 is 4.99. The van der Waals surface area contributed by atoms with E-state index in [0.717, 1.165) is 22.0 Å². The van der Waals surface area contributed by atoms with Crippen LogP contribution in [0, 0.1) is 6.92 Å². The molecule has 0 atom stereocenters. The highest BCUT2D eigenvalue weighted by Gasteiger charge is 2.12. The lowest BCUT2D eigenvalue weighted by Gasteiger charge is -1.99. The molecule has 3 N–H and O–H groups in total. The van der Waals surface area contributed by atoms with Crippen LogP contribution in [0.5, 0.6) is 0 Å². The molecule has 0 radical (unpaired) electrons. The third kappa shape index (κ3) is 1.68. The van der Waals surface area contributed by atoms with Crippen molar-refractivity contribution in [3.05, 3.63) is 34.8 Å². The van der Waals surface area contributed by atoms with Crippen molar-refractivity contribution in [2.45, 2.75) is 13.5 Å². The number of nitrogens with zero attached hydrogens (tertiary/aromatic N) is 2. The highest BCUT2D eigenvalue weighted by molar-refractivity contribution is 6.35. The van der Waals surface area contributed by atoms with Gasteiger partial charge < -0.3 is 15.2 Å². The van der Waals surface area contributed by atoms with Gasteiger partial charge in [-0.05, 0) is 24.6 Å². The van der Waals surface area contributed by atoms with Crippen LogP contribution in [0.1, 0.15) is 11.5 Å². The van der Waals surface area contributed by atoms with Gasteiger partial charge in [-0.1, -0.05) is 16.8 Å². The lowest BCUT2D eigenvalue weighted by Crippen LogP contribution is -1.95. The third-order valence-electron chi connectivity index (χ3n) is 2.85. The van der Waals surface area contributed by atoms with Crippen molar-refractivity contribution in [2.24, 2.45) is 5.73 Å². The van der Waals surface area contributed by atoms with E-state index in [1.807, 2.05) is 25.3 Å². The first-order chi connectivity index (χ1) is 8.69. The van der Waals surface area contributed by atoms with Gasteiger partial charge in [-0.25, -0.2) is 0 Å². The van der Waals surface area contributed by atoms with E-state index < -0.39 is 0 Å². The second-order valence-electron chi connectivity index (χ2n) is 4.07. The molecule has 0 unspecified atom stereocenters. The summed E-state index contributed by atoms with van der Waals surface area (Å²) in [7, 11) is 0. The standard InChI is InChI=1S/C12H11ClN4O/c1-6-5-15-11-8(6)2-7(3-9(11)13)12-16-10(4-14)18-17-12/h2-3,5,15H,4,14H2,1H3. The molecule has 18 heavy (non-hydrogen) atoms. The van der Waals surface area contributed by atoms with Crippen LogP contribution >= 0.6 is 11.6 Å². The van der Waals surface area contributed by atoms with E-state index in [1.165, 1.54) is 0 Å². The van der Waals surface area contributed by atoms with Gasteiger partial charge in [0.2, 0.25) is 11.7 Å². The molecule has 2 aromatic heterocycles. The van der Waals surface area contributed by atoms with Crippen LogP contribution < -0.4 is 5.73 Å². The molecule has 3 rings (SSSR count). The van der Waals surface area contributed by atoms with Gasteiger partial charge in [-0.15, -0.1) is 0 Å². The lowest BCUT2D eigenvalue weighted by molar-refractivity contribution is 0.380. The number of nitrogens with one attached hydrogen (secondary N) is 1. The van der Waals surface area contributed by atoms with Crippen molar-refractivity contribution in [1.82, 2.24) is 15.1 Å². The molecule has 0 bridgehead atoms. The van der Waals surface area contributed by atoms with E-state index >= 15 is 0 Å². The van der Waals surface area contributed by atoms with Crippen LogP contribution in [0.25, 0.3) is 22.3 Å². The number of fused-ring (bicyclic) bond motifs is 1. The molecule has 1 aromatic carbocycles. The smallest absolute Gasteiger partial charge is 0.240 e. The topological polar surface area (TPSA) is 80.7 Å². The van der Waals surface area contributed by atoms with Crippen molar-refractivity contribution in [3.8, 4) is 11.4 Å². The quantitative estimate of drug-likeness (QED) is 0.744. The molecule has 0 aliphatic heterocycles. The Labute approximate surface area is 108 Å².